The first kappa shape index (κ1) is 24.5. The second kappa shape index (κ2) is 12.1. The highest BCUT2D eigenvalue weighted by Gasteiger charge is 2.49. The van der Waals surface area contributed by atoms with Crippen molar-refractivity contribution in [3.63, 3.8) is 0 Å². The zero-order valence-electron chi connectivity index (χ0n) is 17.9. The Hall–Kier alpha value is -0.586. The second-order valence-corrected chi connectivity index (χ2v) is 10.7. The van der Waals surface area contributed by atoms with Gasteiger partial charge in [-0.1, -0.05) is 18.2 Å². The van der Waals surface area contributed by atoms with Crippen molar-refractivity contribution in [1.29, 1.82) is 0 Å². The van der Waals surface area contributed by atoms with Gasteiger partial charge in [-0.15, -0.1) is 0 Å². The van der Waals surface area contributed by atoms with Crippen LogP contribution in [-0.4, -0.2) is 57.3 Å². The molecular weight excluding hydrogens is 380 g/mol. The number of rotatable bonds is 14. The molecule has 0 radical (unpaired) electrons. The fraction of sp³-hybridized carbons (Fsp3) is 0.684. The van der Waals surface area contributed by atoms with Crippen molar-refractivity contribution < 1.29 is 26.6 Å². The maximum absolute atomic E-state index is 6.11. The van der Waals surface area contributed by atoms with Gasteiger partial charge in [0.2, 0.25) is 0 Å². The van der Waals surface area contributed by atoms with Crippen LogP contribution in [0.3, 0.4) is 0 Å². The van der Waals surface area contributed by atoms with Crippen LogP contribution < -0.4 is 10.4 Å². The minimum atomic E-state index is -3.04. The molecule has 0 bridgehead atoms. The third-order valence-corrected chi connectivity index (χ3v) is 10.4. The summed E-state index contributed by atoms with van der Waals surface area (Å²) < 4.78 is 36.7. The fourth-order valence-corrected chi connectivity index (χ4v) is 8.78. The lowest BCUT2D eigenvalue weighted by atomic mass is 10.2. The highest BCUT2D eigenvalue weighted by atomic mass is 28.4. The first-order valence-electron chi connectivity index (χ1n) is 9.94. The third-order valence-electron chi connectivity index (χ3n) is 4.00. The predicted octanol–water partition coefficient (Wildman–Crippen LogP) is 2.51. The van der Waals surface area contributed by atoms with Crippen molar-refractivity contribution in [2.75, 3.05) is 39.6 Å². The molecule has 0 aliphatic carbocycles. The summed E-state index contributed by atoms with van der Waals surface area (Å²) in [6.45, 7) is 16.9. The van der Waals surface area contributed by atoms with Crippen LogP contribution in [0.2, 0.25) is 0 Å². The molecule has 0 heterocycles. The molecule has 156 valence electrons. The molecular formula is C19H36O6Si2. The standard InChI is InChI=1S/C19H36O6Si2/c1-8-20-26(21-9-2,22-10-3)18-15-14-16-19(17(18)7)27(23-11-4,24-12-5)25-13-6/h14-16H,8-13H2,1-7H3. The van der Waals surface area contributed by atoms with E-state index in [-0.39, 0.29) is 0 Å². The summed E-state index contributed by atoms with van der Waals surface area (Å²) in [4.78, 5) is 0. The quantitative estimate of drug-likeness (QED) is 0.434. The van der Waals surface area contributed by atoms with Crippen molar-refractivity contribution in [3.8, 4) is 0 Å². The molecule has 0 amide bonds. The van der Waals surface area contributed by atoms with E-state index in [1.165, 1.54) is 0 Å². The van der Waals surface area contributed by atoms with E-state index in [2.05, 4.69) is 0 Å². The Morgan fingerprint density at radius 1 is 0.556 bits per heavy atom. The van der Waals surface area contributed by atoms with Crippen molar-refractivity contribution in [2.24, 2.45) is 0 Å². The molecule has 1 aromatic carbocycles. The Bertz CT molecular complexity index is 477. The molecule has 0 unspecified atom stereocenters. The number of hydrogen-bond donors (Lipinski definition) is 0. The molecule has 6 nitrogen and oxygen atoms in total. The molecule has 0 saturated carbocycles. The minimum Gasteiger partial charge on any atom is -0.370 e. The van der Waals surface area contributed by atoms with Crippen LogP contribution in [0.25, 0.3) is 0 Å². The smallest absolute Gasteiger partial charge is 0.370 e. The van der Waals surface area contributed by atoms with E-state index in [4.69, 9.17) is 26.6 Å². The molecule has 1 rings (SSSR count). The van der Waals surface area contributed by atoms with Crippen molar-refractivity contribution in [3.05, 3.63) is 23.8 Å². The average Bonchev–Trinajstić information content (AvgIpc) is 2.63. The van der Waals surface area contributed by atoms with Gasteiger partial charge in [-0.25, -0.2) is 0 Å². The highest BCUT2D eigenvalue weighted by molar-refractivity contribution is 6.79. The van der Waals surface area contributed by atoms with Gasteiger partial charge in [-0.3, -0.25) is 0 Å². The van der Waals surface area contributed by atoms with Crippen molar-refractivity contribution >= 4 is 28.0 Å². The maximum Gasteiger partial charge on any atom is 0.537 e. The highest BCUT2D eigenvalue weighted by Crippen LogP contribution is 2.17. The molecule has 8 heteroatoms. The van der Waals surface area contributed by atoms with Gasteiger partial charge >= 0.3 is 17.6 Å². The van der Waals surface area contributed by atoms with E-state index in [9.17, 15) is 0 Å². The molecule has 27 heavy (non-hydrogen) atoms. The van der Waals surface area contributed by atoms with Gasteiger partial charge in [0.25, 0.3) is 0 Å². The summed E-state index contributed by atoms with van der Waals surface area (Å²) in [5, 5.41) is 1.89. The Kier molecular flexibility index (Phi) is 10.9. The fourth-order valence-electron chi connectivity index (χ4n) is 3.16. The SMILES string of the molecule is CCO[Si](OCC)(OCC)c1cccc([Si](OCC)(OCC)OCC)c1C. The van der Waals surface area contributed by atoms with Crippen LogP contribution in [0.4, 0.5) is 0 Å². The van der Waals surface area contributed by atoms with Crippen LogP contribution in [0, 0.1) is 6.92 Å². The van der Waals surface area contributed by atoms with Crippen LogP contribution in [0.15, 0.2) is 18.2 Å². The Morgan fingerprint density at radius 3 is 1.04 bits per heavy atom. The van der Waals surface area contributed by atoms with Crippen molar-refractivity contribution in [1.82, 2.24) is 0 Å². The molecule has 0 N–H and O–H groups in total. The summed E-state index contributed by atoms with van der Waals surface area (Å²) in [7, 11) is -6.08. The van der Waals surface area contributed by atoms with E-state index in [0.29, 0.717) is 39.6 Å². The van der Waals surface area contributed by atoms with E-state index in [0.717, 1.165) is 15.9 Å². The Balaban J connectivity index is 3.60. The zero-order valence-corrected chi connectivity index (χ0v) is 19.9. The zero-order chi connectivity index (χ0) is 20.3. The van der Waals surface area contributed by atoms with E-state index >= 15 is 0 Å². The van der Waals surface area contributed by atoms with Gasteiger partial charge in [0.05, 0.1) is 0 Å². The van der Waals surface area contributed by atoms with Gasteiger partial charge in [0, 0.05) is 50.0 Å². The Labute approximate surface area is 166 Å². The number of benzene rings is 1. The normalized spacial score (nSPS) is 12.6. The largest absolute Gasteiger partial charge is 0.537 e. The van der Waals surface area contributed by atoms with Crippen molar-refractivity contribution in [2.45, 2.75) is 48.5 Å². The van der Waals surface area contributed by atoms with Gasteiger partial charge in [0.15, 0.2) is 0 Å². The summed E-state index contributed by atoms with van der Waals surface area (Å²) in [5.74, 6) is 0. The van der Waals surface area contributed by atoms with Gasteiger partial charge in [0.1, 0.15) is 0 Å². The predicted molar refractivity (Wildman–Crippen MR) is 112 cm³/mol. The average molecular weight is 417 g/mol. The molecule has 0 aliphatic rings. The monoisotopic (exact) mass is 416 g/mol. The molecule has 0 spiro atoms. The lowest BCUT2D eigenvalue weighted by molar-refractivity contribution is 0.0851. The minimum absolute atomic E-state index is 0.515. The van der Waals surface area contributed by atoms with Gasteiger partial charge in [-0.2, -0.15) is 0 Å². The Morgan fingerprint density at radius 2 is 0.815 bits per heavy atom. The summed E-state index contributed by atoms with van der Waals surface area (Å²) in [5.41, 5.74) is 1.00. The lowest BCUT2D eigenvalue weighted by Gasteiger charge is -2.33. The first-order valence-corrected chi connectivity index (χ1v) is 13.4. The first-order chi connectivity index (χ1) is 13.0. The second-order valence-electron chi connectivity index (χ2n) is 5.69. The third kappa shape index (κ3) is 5.71. The number of hydrogen-bond acceptors (Lipinski definition) is 6. The lowest BCUT2D eigenvalue weighted by Crippen LogP contribution is -2.63. The van der Waals surface area contributed by atoms with Crippen LogP contribution in [0.1, 0.15) is 47.1 Å². The maximum atomic E-state index is 6.11. The summed E-state index contributed by atoms with van der Waals surface area (Å²) >= 11 is 0. The van der Waals surface area contributed by atoms with Gasteiger partial charge in [-0.05, 0) is 54.0 Å². The van der Waals surface area contributed by atoms with Crippen LogP contribution >= 0.6 is 0 Å². The molecule has 0 atom stereocenters. The van der Waals surface area contributed by atoms with Crippen LogP contribution in [-0.2, 0) is 26.6 Å². The van der Waals surface area contributed by atoms with Crippen LogP contribution in [0.5, 0.6) is 0 Å². The van der Waals surface area contributed by atoms with E-state index in [1.807, 2.05) is 66.7 Å². The van der Waals surface area contributed by atoms with Gasteiger partial charge < -0.3 is 26.6 Å². The molecule has 0 saturated heterocycles. The molecule has 1 aromatic rings. The molecule has 0 aromatic heterocycles. The van der Waals surface area contributed by atoms with E-state index in [1.54, 1.807) is 0 Å². The topological polar surface area (TPSA) is 55.4 Å². The molecule has 0 fully saturated rings. The van der Waals surface area contributed by atoms with E-state index < -0.39 is 17.6 Å². The summed E-state index contributed by atoms with van der Waals surface area (Å²) in [6, 6.07) is 6.03. The molecule has 0 aliphatic heterocycles. The summed E-state index contributed by atoms with van der Waals surface area (Å²) in [6.07, 6.45) is 0.